The molecule has 2 fully saturated rings. The topological polar surface area (TPSA) is 66.1 Å². The van der Waals surface area contributed by atoms with Gasteiger partial charge in [0.25, 0.3) is 0 Å². The largest absolute Gasteiger partial charge is 0.496 e. The van der Waals surface area contributed by atoms with Crippen LogP contribution in [0.2, 0.25) is 0 Å². The zero-order valence-corrected chi connectivity index (χ0v) is 20.1. The van der Waals surface area contributed by atoms with Gasteiger partial charge in [0.1, 0.15) is 11.5 Å². The van der Waals surface area contributed by atoms with Gasteiger partial charge in [-0.15, -0.1) is 0 Å². The molecule has 7 nitrogen and oxygen atoms in total. The molecular weight excluding hydrogens is 436 g/mol. The maximum Gasteiger partial charge on any atom is 0.321 e. The molecule has 0 bridgehead atoms. The molecule has 0 aromatic heterocycles. The number of piperidine rings is 1. The van der Waals surface area contributed by atoms with E-state index >= 15 is 0 Å². The third-order valence-electron chi connectivity index (χ3n) is 6.81. The summed E-state index contributed by atoms with van der Waals surface area (Å²) in [5.74, 6) is 1.53. The van der Waals surface area contributed by atoms with Gasteiger partial charge >= 0.3 is 6.03 Å². The van der Waals surface area contributed by atoms with Gasteiger partial charge in [0, 0.05) is 38.3 Å². The average molecular weight is 469 g/mol. The molecule has 2 amide bonds. The van der Waals surface area contributed by atoms with Gasteiger partial charge in [0.05, 0.1) is 19.9 Å². The quantitative estimate of drug-likeness (QED) is 0.644. The number of nitrogens with one attached hydrogen (secondary N) is 2. The number of hydrogen-bond acceptors (Lipinski definition) is 4. The maximum atomic E-state index is 12.8. The highest BCUT2D eigenvalue weighted by molar-refractivity contribution is 7.80. The van der Waals surface area contributed by atoms with Crippen molar-refractivity contribution < 1.29 is 14.3 Å². The van der Waals surface area contributed by atoms with Crippen LogP contribution in [-0.4, -0.2) is 61.3 Å². The van der Waals surface area contributed by atoms with Gasteiger partial charge < -0.3 is 29.9 Å². The van der Waals surface area contributed by atoms with Crippen LogP contribution in [0.4, 0.5) is 10.5 Å². The summed E-state index contributed by atoms with van der Waals surface area (Å²) >= 11 is 5.69. The maximum absolute atomic E-state index is 12.8. The number of carbonyl (C=O) groups is 1. The normalized spacial score (nSPS) is 17.0. The highest BCUT2D eigenvalue weighted by Gasteiger charge is 2.42. The fourth-order valence-corrected chi connectivity index (χ4v) is 5.00. The fourth-order valence-electron chi connectivity index (χ4n) is 4.77. The zero-order chi connectivity index (χ0) is 23.3. The summed E-state index contributed by atoms with van der Waals surface area (Å²) in [4.78, 5) is 17.0. The molecule has 2 N–H and O–H groups in total. The summed E-state index contributed by atoms with van der Waals surface area (Å²) < 4.78 is 10.8. The smallest absolute Gasteiger partial charge is 0.321 e. The molecular formula is C25H32N4O3S. The van der Waals surface area contributed by atoms with Crippen LogP contribution < -0.4 is 20.1 Å². The third-order valence-corrected chi connectivity index (χ3v) is 7.21. The lowest BCUT2D eigenvalue weighted by Crippen LogP contribution is -2.46. The van der Waals surface area contributed by atoms with E-state index in [-0.39, 0.29) is 11.4 Å². The number of urea groups is 1. The molecule has 4 rings (SSSR count). The van der Waals surface area contributed by atoms with E-state index in [2.05, 4.69) is 15.5 Å². The monoisotopic (exact) mass is 468 g/mol. The first-order valence-corrected chi connectivity index (χ1v) is 11.8. The van der Waals surface area contributed by atoms with Crippen molar-refractivity contribution in [2.45, 2.75) is 25.8 Å². The number of anilines is 1. The first kappa shape index (κ1) is 23.2. The van der Waals surface area contributed by atoms with Crippen LogP contribution in [0, 0.1) is 5.41 Å². The van der Waals surface area contributed by atoms with Crippen molar-refractivity contribution >= 4 is 29.0 Å². The molecule has 8 heteroatoms. The molecule has 0 saturated carbocycles. The number of nitrogens with zero attached hydrogens (tertiary/aromatic N) is 2. The van der Waals surface area contributed by atoms with Crippen molar-refractivity contribution in [3.63, 3.8) is 0 Å². The van der Waals surface area contributed by atoms with Crippen molar-refractivity contribution in [1.29, 1.82) is 0 Å². The summed E-state index contributed by atoms with van der Waals surface area (Å²) in [6.07, 6.45) is 3.07. The second-order valence-corrected chi connectivity index (χ2v) is 9.15. The number of benzene rings is 2. The number of amides is 2. The molecule has 0 aliphatic carbocycles. The first-order chi connectivity index (χ1) is 16.0. The van der Waals surface area contributed by atoms with E-state index in [1.54, 1.807) is 14.2 Å². The van der Waals surface area contributed by atoms with E-state index in [1.165, 1.54) is 0 Å². The molecule has 0 radical (unpaired) electrons. The molecule has 2 aliphatic rings. The lowest BCUT2D eigenvalue weighted by molar-refractivity contribution is 0.132. The first-order valence-electron chi connectivity index (χ1n) is 11.4. The van der Waals surface area contributed by atoms with E-state index in [0.29, 0.717) is 18.0 Å². The number of likely N-dealkylation sites (tertiary alicyclic amines) is 2. The van der Waals surface area contributed by atoms with Crippen LogP contribution in [-0.2, 0) is 6.54 Å². The summed E-state index contributed by atoms with van der Waals surface area (Å²) in [7, 11) is 3.29. The van der Waals surface area contributed by atoms with Gasteiger partial charge in [-0.1, -0.05) is 30.3 Å². The van der Waals surface area contributed by atoms with Crippen LogP contribution in [0.15, 0.2) is 48.5 Å². The molecule has 2 aromatic rings. The van der Waals surface area contributed by atoms with Crippen molar-refractivity contribution in [3.05, 3.63) is 54.1 Å². The van der Waals surface area contributed by atoms with Crippen LogP contribution in [0.5, 0.6) is 11.5 Å². The second kappa shape index (κ2) is 10.3. The van der Waals surface area contributed by atoms with Gasteiger partial charge in [-0.25, -0.2) is 4.79 Å². The minimum atomic E-state index is -0.0711. The van der Waals surface area contributed by atoms with E-state index < -0.39 is 0 Å². The molecule has 0 atom stereocenters. The molecule has 33 heavy (non-hydrogen) atoms. The Kier molecular flexibility index (Phi) is 7.23. The van der Waals surface area contributed by atoms with Crippen molar-refractivity contribution in [3.8, 4) is 11.5 Å². The third kappa shape index (κ3) is 5.33. The summed E-state index contributed by atoms with van der Waals surface area (Å²) in [5.41, 5.74) is 2.01. The number of hydrogen-bond donors (Lipinski definition) is 2. The Labute approximate surface area is 201 Å². The minimum absolute atomic E-state index is 0.0711. The van der Waals surface area contributed by atoms with Crippen LogP contribution in [0.3, 0.4) is 0 Å². The predicted molar refractivity (Wildman–Crippen MR) is 134 cm³/mol. The summed E-state index contributed by atoms with van der Waals surface area (Å²) in [5, 5.41) is 7.17. The number of para-hydroxylation sites is 3. The minimum Gasteiger partial charge on any atom is -0.496 e. The fraction of sp³-hybridized carbons (Fsp3) is 0.440. The van der Waals surface area contributed by atoms with Gasteiger partial charge in [0.2, 0.25) is 0 Å². The zero-order valence-electron chi connectivity index (χ0n) is 19.3. The number of carbonyl (C=O) groups excluding carboxylic acids is 1. The molecule has 176 valence electrons. The molecule has 0 unspecified atom stereocenters. The highest BCUT2D eigenvalue weighted by Crippen LogP contribution is 2.40. The van der Waals surface area contributed by atoms with Gasteiger partial charge in [-0.05, 0) is 55.1 Å². The van der Waals surface area contributed by atoms with Crippen molar-refractivity contribution in [2.24, 2.45) is 5.41 Å². The van der Waals surface area contributed by atoms with Crippen LogP contribution >= 0.6 is 12.2 Å². The lowest BCUT2D eigenvalue weighted by atomic mass is 9.78. The number of rotatable bonds is 5. The Morgan fingerprint density at radius 1 is 0.939 bits per heavy atom. The Hall–Kier alpha value is -3.00. The second-order valence-electron chi connectivity index (χ2n) is 8.76. The van der Waals surface area contributed by atoms with E-state index in [9.17, 15) is 4.79 Å². The number of ether oxygens (including phenoxy) is 2. The van der Waals surface area contributed by atoms with Crippen molar-refractivity contribution in [2.75, 3.05) is 45.7 Å². The predicted octanol–water partition coefficient (Wildman–Crippen LogP) is 4.10. The highest BCUT2D eigenvalue weighted by atomic mass is 32.1. The van der Waals surface area contributed by atoms with Gasteiger partial charge in [-0.2, -0.15) is 0 Å². The van der Waals surface area contributed by atoms with Crippen molar-refractivity contribution in [1.82, 2.24) is 15.1 Å². The molecule has 2 heterocycles. The summed E-state index contributed by atoms with van der Waals surface area (Å²) in [6.45, 7) is 4.02. The Morgan fingerprint density at radius 2 is 1.55 bits per heavy atom. The average Bonchev–Trinajstić information content (AvgIpc) is 3.27. The number of thiocarbonyl (C=S) groups is 1. The molecule has 2 aliphatic heterocycles. The van der Waals surface area contributed by atoms with E-state index in [4.69, 9.17) is 21.7 Å². The van der Waals surface area contributed by atoms with Crippen LogP contribution in [0.25, 0.3) is 0 Å². The SMILES string of the molecule is COc1ccccc1CNC(=S)N1CCC2(CCN(C(=O)Nc3ccccc3OC)CC2)C1. The van der Waals surface area contributed by atoms with E-state index in [0.717, 1.165) is 61.9 Å². The van der Waals surface area contributed by atoms with Gasteiger partial charge in [-0.3, -0.25) is 0 Å². The summed E-state index contributed by atoms with van der Waals surface area (Å²) in [6, 6.07) is 15.4. The molecule has 2 saturated heterocycles. The van der Waals surface area contributed by atoms with Gasteiger partial charge in [0.15, 0.2) is 5.11 Å². The van der Waals surface area contributed by atoms with Crippen LogP contribution in [0.1, 0.15) is 24.8 Å². The van der Waals surface area contributed by atoms with E-state index in [1.807, 2.05) is 53.4 Å². The Balaban J connectivity index is 1.27. The molecule has 1 spiro atoms. The Morgan fingerprint density at radius 3 is 2.24 bits per heavy atom. The molecule has 2 aromatic carbocycles. The lowest BCUT2D eigenvalue weighted by Gasteiger charge is -2.39. The number of methoxy groups -OCH3 is 2. The Bertz CT molecular complexity index is 991. The standard InChI is InChI=1S/C25H32N4O3S/c1-31-21-9-5-3-7-19(21)17-26-24(33)29-16-13-25(18-29)11-14-28(15-12-25)23(30)27-20-8-4-6-10-22(20)32-2/h3-10H,11-18H2,1-2H3,(H,26,33)(H,27,30).